The van der Waals surface area contributed by atoms with Gasteiger partial charge in [0.15, 0.2) is 0 Å². The molecule has 0 amide bonds. The van der Waals surface area contributed by atoms with Crippen LogP contribution >= 0.6 is 11.8 Å². The highest BCUT2D eigenvalue weighted by molar-refractivity contribution is 7.99. The minimum atomic E-state index is -0.407. The van der Waals surface area contributed by atoms with E-state index >= 15 is 0 Å². The zero-order valence-corrected chi connectivity index (χ0v) is 10.5. The van der Waals surface area contributed by atoms with Crippen LogP contribution in [0, 0.1) is 17.0 Å². The van der Waals surface area contributed by atoms with Gasteiger partial charge in [0.1, 0.15) is 5.75 Å². The molecule has 0 heterocycles. The summed E-state index contributed by atoms with van der Waals surface area (Å²) >= 11 is 1.20. The lowest BCUT2D eigenvalue weighted by molar-refractivity contribution is -0.387. The van der Waals surface area contributed by atoms with Gasteiger partial charge in [-0.25, -0.2) is 0 Å². The zero-order chi connectivity index (χ0) is 13.1. The van der Waals surface area contributed by atoms with Crippen LogP contribution in [0.2, 0.25) is 0 Å². The lowest BCUT2D eigenvalue weighted by atomic mass is 10.2. The third-order valence-corrected chi connectivity index (χ3v) is 3.77. The summed E-state index contributed by atoms with van der Waals surface area (Å²) in [6.07, 6.45) is 0. The van der Waals surface area contributed by atoms with Gasteiger partial charge in [-0.1, -0.05) is 36.0 Å². The number of nitro benzene ring substituents is 1. The van der Waals surface area contributed by atoms with E-state index in [1.807, 2.05) is 13.0 Å². The van der Waals surface area contributed by atoms with Crippen molar-refractivity contribution < 1.29 is 10.0 Å². The molecule has 5 heteroatoms. The molecular formula is C13H11NO3S. The molecule has 0 aliphatic carbocycles. The smallest absolute Gasteiger partial charge is 0.283 e. The van der Waals surface area contributed by atoms with Gasteiger partial charge in [-0.05, 0) is 24.6 Å². The standard InChI is InChI=1S/C13H11NO3S/c1-9-5-4-6-10(14(16)17)13(9)18-12-8-3-2-7-11(12)15/h2-8,15H,1H3. The van der Waals surface area contributed by atoms with Crippen molar-refractivity contribution >= 4 is 17.4 Å². The normalized spacial score (nSPS) is 10.3. The maximum Gasteiger partial charge on any atom is 0.283 e. The second-order valence-electron chi connectivity index (χ2n) is 3.75. The van der Waals surface area contributed by atoms with Crippen molar-refractivity contribution in [1.82, 2.24) is 0 Å². The molecule has 2 aromatic rings. The number of phenolic OH excluding ortho intramolecular Hbond substituents is 1. The van der Waals surface area contributed by atoms with E-state index < -0.39 is 4.92 Å². The van der Waals surface area contributed by atoms with Crippen LogP contribution in [0.1, 0.15) is 5.56 Å². The van der Waals surface area contributed by atoms with Crippen LogP contribution < -0.4 is 0 Å². The minimum absolute atomic E-state index is 0.0586. The molecule has 0 atom stereocenters. The van der Waals surface area contributed by atoms with E-state index in [0.29, 0.717) is 9.79 Å². The highest BCUT2D eigenvalue weighted by Crippen LogP contribution is 2.40. The average molecular weight is 261 g/mol. The lowest BCUT2D eigenvalue weighted by Crippen LogP contribution is -1.92. The number of hydrogen-bond acceptors (Lipinski definition) is 4. The largest absolute Gasteiger partial charge is 0.507 e. The van der Waals surface area contributed by atoms with Crippen molar-refractivity contribution in [3.63, 3.8) is 0 Å². The Hall–Kier alpha value is -2.01. The van der Waals surface area contributed by atoms with Gasteiger partial charge >= 0.3 is 0 Å². The molecule has 0 aromatic heterocycles. The van der Waals surface area contributed by atoms with Crippen molar-refractivity contribution in [2.45, 2.75) is 16.7 Å². The number of nitro groups is 1. The fraction of sp³-hybridized carbons (Fsp3) is 0.0769. The van der Waals surface area contributed by atoms with Gasteiger partial charge in [0.05, 0.1) is 14.7 Å². The lowest BCUT2D eigenvalue weighted by Gasteiger charge is -2.07. The van der Waals surface area contributed by atoms with Crippen LogP contribution in [0.25, 0.3) is 0 Å². The van der Waals surface area contributed by atoms with E-state index in [4.69, 9.17) is 0 Å². The second kappa shape index (κ2) is 5.10. The third-order valence-electron chi connectivity index (χ3n) is 2.47. The van der Waals surface area contributed by atoms with Crippen LogP contribution in [0.3, 0.4) is 0 Å². The maximum atomic E-state index is 11.0. The molecule has 0 bridgehead atoms. The quantitative estimate of drug-likeness (QED) is 0.675. The van der Waals surface area contributed by atoms with Gasteiger partial charge in [0, 0.05) is 6.07 Å². The number of rotatable bonds is 3. The molecule has 0 saturated carbocycles. The fourth-order valence-corrected chi connectivity index (χ4v) is 2.58. The maximum absolute atomic E-state index is 11.0. The van der Waals surface area contributed by atoms with Crippen LogP contribution in [-0.4, -0.2) is 10.0 Å². The molecule has 92 valence electrons. The Morgan fingerprint density at radius 1 is 1.17 bits per heavy atom. The topological polar surface area (TPSA) is 63.4 Å². The van der Waals surface area contributed by atoms with E-state index in [1.165, 1.54) is 17.8 Å². The van der Waals surface area contributed by atoms with E-state index in [1.54, 1.807) is 30.3 Å². The van der Waals surface area contributed by atoms with Gasteiger partial charge in [-0.15, -0.1) is 0 Å². The predicted octanol–water partition coefficient (Wildman–Crippen LogP) is 3.76. The Bertz CT molecular complexity index is 599. The zero-order valence-electron chi connectivity index (χ0n) is 9.66. The molecular weight excluding hydrogens is 250 g/mol. The Balaban J connectivity index is 2.46. The highest BCUT2D eigenvalue weighted by atomic mass is 32.2. The fourth-order valence-electron chi connectivity index (χ4n) is 1.57. The molecule has 0 saturated heterocycles. The summed E-state index contributed by atoms with van der Waals surface area (Å²) in [6.45, 7) is 1.81. The Morgan fingerprint density at radius 3 is 2.56 bits per heavy atom. The third kappa shape index (κ3) is 2.46. The van der Waals surface area contributed by atoms with Crippen molar-refractivity contribution in [3.8, 4) is 5.75 Å². The highest BCUT2D eigenvalue weighted by Gasteiger charge is 2.17. The number of benzene rings is 2. The van der Waals surface area contributed by atoms with Crippen molar-refractivity contribution in [2.24, 2.45) is 0 Å². The van der Waals surface area contributed by atoms with Gasteiger partial charge in [-0.3, -0.25) is 10.1 Å². The molecule has 0 unspecified atom stereocenters. The van der Waals surface area contributed by atoms with Crippen LogP contribution in [0.4, 0.5) is 5.69 Å². The van der Waals surface area contributed by atoms with Crippen molar-refractivity contribution in [1.29, 1.82) is 0 Å². The van der Waals surface area contributed by atoms with E-state index in [0.717, 1.165) is 5.56 Å². The van der Waals surface area contributed by atoms with Crippen LogP contribution in [0.5, 0.6) is 5.75 Å². The molecule has 0 aliphatic rings. The number of nitrogens with zero attached hydrogens (tertiary/aromatic N) is 1. The van der Waals surface area contributed by atoms with E-state index in [9.17, 15) is 15.2 Å². The SMILES string of the molecule is Cc1cccc([N+](=O)[O-])c1Sc1ccccc1O. The first-order valence-corrected chi connectivity index (χ1v) is 6.11. The second-order valence-corrected chi connectivity index (χ2v) is 4.80. The molecule has 2 aromatic carbocycles. The van der Waals surface area contributed by atoms with Gasteiger partial charge in [-0.2, -0.15) is 0 Å². The monoisotopic (exact) mass is 261 g/mol. The number of aromatic hydroxyl groups is 1. The average Bonchev–Trinajstić information content (AvgIpc) is 2.34. The number of aryl methyl sites for hydroxylation is 1. The number of hydrogen-bond donors (Lipinski definition) is 1. The molecule has 18 heavy (non-hydrogen) atoms. The van der Waals surface area contributed by atoms with Crippen LogP contribution in [-0.2, 0) is 0 Å². The Labute approximate surface area is 108 Å². The summed E-state index contributed by atoms with van der Waals surface area (Å²) in [5.41, 5.74) is 0.876. The van der Waals surface area contributed by atoms with Crippen LogP contribution in [0.15, 0.2) is 52.3 Å². The minimum Gasteiger partial charge on any atom is -0.507 e. The molecule has 0 spiro atoms. The predicted molar refractivity (Wildman–Crippen MR) is 70.1 cm³/mol. The molecule has 0 fully saturated rings. The van der Waals surface area contributed by atoms with Gasteiger partial charge < -0.3 is 5.11 Å². The summed E-state index contributed by atoms with van der Waals surface area (Å²) < 4.78 is 0. The Morgan fingerprint density at radius 2 is 1.89 bits per heavy atom. The summed E-state index contributed by atoms with van der Waals surface area (Å²) in [4.78, 5) is 11.7. The molecule has 1 N–H and O–H groups in total. The molecule has 0 aliphatic heterocycles. The molecule has 2 rings (SSSR count). The van der Waals surface area contributed by atoms with Crippen molar-refractivity contribution in [3.05, 3.63) is 58.1 Å². The summed E-state index contributed by atoms with van der Waals surface area (Å²) in [7, 11) is 0. The molecule has 4 nitrogen and oxygen atoms in total. The van der Waals surface area contributed by atoms with Gasteiger partial charge in [0.25, 0.3) is 5.69 Å². The first kappa shape index (κ1) is 12.4. The van der Waals surface area contributed by atoms with E-state index in [-0.39, 0.29) is 11.4 Å². The summed E-state index contributed by atoms with van der Waals surface area (Å²) in [6, 6.07) is 11.7. The number of phenols is 1. The van der Waals surface area contributed by atoms with Gasteiger partial charge in [0.2, 0.25) is 0 Å². The van der Waals surface area contributed by atoms with Crippen molar-refractivity contribution in [2.75, 3.05) is 0 Å². The number of para-hydroxylation sites is 1. The van der Waals surface area contributed by atoms with E-state index in [2.05, 4.69) is 0 Å². The summed E-state index contributed by atoms with van der Waals surface area (Å²) in [5.74, 6) is 0.125. The Kier molecular flexibility index (Phi) is 3.53. The summed E-state index contributed by atoms with van der Waals surface area (Å²) in [5, 5.41) is 20.7. The first-order chi connectivity index (χ1) is 8.59. The first-order valence-electron chi connectivity index (χ1n) is 5.29. The molecule has 0 radical (unpaired) electrons.